The van der Waals surface area contributed by atoms with E-state index in [4.69, 9.17) is 23.4 Å². The van der Waals surface area contributed by atoms with E-state index in [9.17, 15) is 4.79 Å². The SMILES string of the molecule is COc1cc(C[NH+]2COc3ccc4ccc(=O)oc4c3C2)cc(OC)c1OC. The average Bonchev–Trinajstić information content (AvgIpc) is 2.72. The first-order valence-corrected chi connectivity index (χ1v) is 8.94. The molecule has 0 aliphatic carbocycles. The molecule has 0 bridgehead atoms. The Labute approximate surface area is 162 Å². The molecule has 2 aromatic carbocycles. The van der Waals surface area contributed by atoms with Crippen LogP contribution in [0.2, 0.25) is 0 Å². The van der Waals surface area contributed by atoms with Crippen LogP contribution < -0.4 is 29.5 Å². The van der Waals surface area contributed by atoms with Gasteiger partial charge in [0.15, 0.2) is 17.1 Å². The molecule has 1 aliphatic heterocycles. The molecule has 2 heterocycles. The number of rotatable bonds is 5. The molecule has 1 aliphatic rings. The van der Waals surface area contributed by atoms with Crippen molar-refractivity contribution in [2.75, 3.05) is 28.1 Å². The van der Waals surface area contributed by atoms with Gasteiger partial charge in [0.05, 0.1) is 26.9 Å². The van der Waals surface area contributed by atoms with Gasteiger partial charge in [0.1, 0.15) is 18.8 Å². The van der Waals surface area contributed by atoms with Crippen molar-refractivity contribution in [3.05, 3.63) is 57.9 Å². The van der Waals surface area contributed by atoms with Gasteiger partial charge in [-0.05, 0) is 30.3 Å². The highest BCUT2D eigenvalue weighted by atomic mass is 16.5. The van der Waals surface area contributed by atoms with Crippen molar-refractivity contribution in [3.63, 3.8) is 0 Å². The summed E-state index contributed by atoms with van der Waals surface area (Å²) >= 11 is 0. The minimum atomic E-state index is -0.363. The molecule has 0 amide bonds. The van der Waals surface area contributed by atoms with Crippen molar-refractivity contribution in [3.8, 4) is 23.0 Å². The molecular weight excluding hydrogens is 362 g/mol. The van der Waals surface area contributed by atoms with Crippen LogP contribution >= 0.6 is 0 Å². The number of benzene rings is 2. The van der Waals surface area contributed by atoms with Gasteiger partial charge in [-0.3, -0.25) is 4.90 Å². The van der Waals surface area contributed by atoms with Gasteiger partial charge < -0.3 is 23.4 Å². The van der Waals surface area contributed by atoms with Crippen LogP contribution in [-0.2, 0) is 13.1 Å². The highest BCUT2D eigenvalue weighted by Gasteiger charge is 2.25. The van der Waals surface area contributed by atoms with Crippen LogP contribution in [0.5, 0.6) is 23.0 Å². The summed E-state index contributed by atoms with van der Waals surface area (Å²) in [6, 6.07) is 10.9. The zero-order valence-corrected chi connectivity index (χ0v) is 16.0. The third-order valence-corrected chi connectivity index (χ3v) is 4.89. The molecule has 146 valence electrons. The monoisotopic (exact) mass is 384 g/mol. The summed E-state index contributed by atoms with van der Waals surface area (Å²) in [4.78, 5) is 12.9. The maximum atomic E-state index is 11.7. The van der Waals surface area contributed by atoms with E-state index in [0.717, 1.165) is 22.3 Å². The maximum Gasteiger partial charge on any atom is 0.336 e. The van der Waals surface area contributed by atoms with Crippen LogP contribution in [0.15, 0.2) is 45.6 Å². The van der Waals surface area contributed by atoms with Crippen molar-refractivity contribution < 1.29 is 28.3 Å². The Balaban J connectivity index is 1.65. The quantitative estimate of drug-likeness (QED) is 0.676. The van der Waals surface area contributed by atoms with Gasteiger partial charge >= 0.3 is 5.63 Å². The first kappa shape index (κ1) is 18.2. The molecule has 28 heavy (non-hydrogen) atoms. The summed E-state index contributed by atoms with van der Waals surface area (Å²) < 4.78 is 27.7. The molecule has 0 radical (unpaired) electrons. The predicted molar refractivity (Wildman–Crippen MR) is 102 cm³/mol. The molecule has 0 spiro atoms. The smallest absolute Gasteiger partial charge is 0.336 e. The molecule has 7 heteroatoms. The third kappa shape index (κ3) is 3.25. The van der Waals surface area contributed by atoms with Gasteiger partial charge in [-0.2, -0.15) is 0 Å². The van der Waals surface area contributed by atoms with Gasteiger partial charge in [-0.1, -0.05) is 0 Å². The van der Waals surface area contributed by atoms with Gasteiger partial charge in [0, 0.05) is 17.0 Å². The minimum absolute atomic E-state index is 0.363. The van der Waals surface area contributed by atoms with Crippen LogP contribution in [0.25, 0.3) is 11.0 Å². The fourth-order valence-electron chi connectivity index (χ4n) is 3.60. The fraction of sp³-hybridized carbons (Fsp3) is 0.286. The second kappa shape index (κ2) is 7.44. The summed E-state index contributed by atoms with van der Waals surface area (Å²) in [7, 11) is 4.78. The van der Waals surface area contributed by atoms with Gasteiger partial charge in [-0.15, -0.1) is 0 Å². The molecular formula is C21H22NO6+. The van der Waals surface area contributed by atoms with E-state index in [0.29, 0.717) is 42.7 Å². The lowest BCUT2D eigenvalue weighted by Crippen LogP contribution is -3.10. The summed E-state index contributed by atoms with van der Waals surface area (Å²) in [5.41, 5.74) is 2.16. The lowest BCUT2D eigenvalue weighted by atomic mass is 10.1. The molecule has 1 unspecified atom stereocenters. The molecule has 4 rings (SSSR count). The largest absolute Gasteiger partial charge is 0.493 e. The van der Waals surface area contributed by atoms with Crippen LogP contribution in [0, 0.1) is 0 Å². The molecule has 7 nitrogen and oxygen atoms in total. The normalized spacial score (nSPS) is 15.6. The lowest BCUT2D eigenvalue weighted by molar-refractivity contribution is -0.945. The van der Waals surface area contributed by atoms with Crippen LogP contribution in [0.3, 0.4) is 0 Å². The van der Waals surface area contributed by atoms with E-state index < -0.39 is 0 Å². The number of methoxy groups -OCH3 is 3. The van der Waals surface area contributed by atoms with Crippen molar-refractivity contribution >= 4 is 11.0 Å². The van der Waals surface area contributed by atoms with Crippen LogP contribution in [-0.4, -0.2) is 28.1 Å². The number of quaternary nitrogens is 1. The standard InChI is InChI=1S/C21H21NO6/c1-24-17-8-13(9-18(25-2)21(17)26-3)10-22-11-15-16(27-12-22)6-4-14-5-7-19(23)28-20(14)15/h4-9H,10-12H2,1-3H3/p+1. The van der Waals surface area contributed by atoms with Crippen LogP contribution in [0.4, 0.5) is 0 Å². The summed E-state index contributed by atoms with van der Waals surface area (Å²) in [5, 5.41) is 0.885. The van der Waals surface area contributed by atoms with E-state index >= 15 is 0 Å². The molecule has 0 fully saturated rings. The van der Waals surface area contributed by atoms with E-state index in [1.54, 1.807) is 27.4 Å². The lowest BCUT2D eigenvalue weighted by Gasteiger charge is -2.26. The van der Waals surface area contributed by atoms with Crippen LogP contribution in [0.1, 0.15) is 11.1 Å². The zero-order valence-electron chi connectivity index (χ0n) is 16.0. The summed E-state index contributed by atoms with van der Waals surface area (Å²) in [6.45, 7) is 1.87. The van der Waals surface area contributed by atoms with Crippen molar-refractivity contribution in [1.29, 1.82) is 0 Å². The van der Waals surface area contributed by atoms with E-state index in [-0.39, 0.29) is 5.63 Å². The van der Waals surface area contributed by atoms with E-state index in [1.807, 2.05) is 24.3 Å². The number of fused-ring (bicyclic) bond motifs is 3. The third-order valence-electron chi connectivity index (χ3n) is 4.89. The summed E-state index contributed by atoms with van der Waals surface area (Å²) in [5.74, 6) is 2.56. The molecule has 1 N–H and O–H groups in total. The average molecular weight is 384 g/mol. The first-order chi connectivity index (χ1) is 13.6. The summed E-state index contributed by atoms with van der Waals surface area (Å²) in [6.07, 6.45) is 0. The van der Waals surface area contributed by atoms with Gasteiger partial charge in [0.25, 0.3) is 0 Å². The Kier molecular flexibility index (Phi) is 4.83. The number of ether oxygens (including phenoxy) is 4. The highest BCUT2D eigenvalue weighted by Crippen LogP contribution is 2.38. The molecule has 0 saturated carbocycles. The van der Waals surface area contributed by atoms with Crippen molar-refractivity contribution in [1.82, 2.24) is 0 Å². The fourth-order valence-corrected chi connectivity index (χ4v) is 3.60. The zero-order chi connectivity index (χ0) is 19.7. The maximum absolute atomic E-state index is 11.7. The topological polar surface area (TPSA) is 71.6 Å². The first-order valence-electron chi connectivity index (χ1n) is 8.94. The van der Waals surface area contributed by atoms with Crippen molar-refractivity contribution in [2.45, 2.75) is 13.1 Å². The van der Waals surface area contributed by atoms with Crippen molar-refractivity contribution in [2.24, 2.45) is 0 Å². The van der Waals surface area contributed by atoms with Gasteiger partial charge in [0.2, 0.25) is 12.5 Å². The van der Waals surface area contributed by atoms with Gasteiger partial charge in [-0.25, -0.2) is 4.79 Å². The highest BCUT2D eigenvalue weighted by molar-refractivity contribution is 5.82. The number of hydrogen-bond acceptors (Lipinski definition) is 6. The van der Waals surface area contributed by atoms with E-state index in [1.165, 1.54) is 11.0 Å². The number of hydrogen-bond donors (Lipinski definition) is 1. The Bertz CT molecular complexity index is 1050. The second-order valence-corrected chi connectivity index (χ2v) is 6.64. The molecule has 1 atom stereocenters. The number of nitrogens with one attached hydrogen (secondary N) is 1. The predicted octanol–water partition coefficient (Wildman–Crippen LogP) is 1.75. The minimum Gasteiger partial charge on any atom is -0.493 e. The Hall–Kier alpha value is -3.19. The van der Waals surface area contributed by atoms with E-state index in [2.05, 4.69) is 0 Å². The molecule has 0 saturated heterocycles. The molecule has 3 aromatic rings. The Morgan fingerprint density at radius 3 is 2.39 bits per heavy atom. The Morgan fingerprint density at radius 2 is 1.71 bits per heavy atom. The molecule has 1 aromatic heterocycles. The second-order valence-electron chi connectivity index (χ2n) is 6.64. The Morgan fingerprint density at radius 1 is 1.00 bits per heavy atom.